The van der Waals surface area contributed by atoms with Crippen molar-refractivity contribution < 1.29 is 14.0 Å². The van der Waals surface area contributed by atoms with Gasteiger partial charge in [-0.3, -0.25) is 14.0 Å². The Hall–Kier alpha value is -1.91. The lowest BCUT2D eigenvalue weighted by Crippen LogP contribution is -2.58. The van der Waals surface area contributed by atoms with Gasteiger partial charge in [-0.1, -0.05) is 30.3 Å². The second-order valence-corrected chi connectivity index (χ2v) is 4.61. The maximum absolute atomic E-state index is 12.2. The van der Waals surface area contributed by atoms with Gasteiger partial charge in [-0.2, -0.15) is 0 Å². The average molecular weight is 264 g/mol. The minimum absolute atomic E-state index is 0.0319. The van der Waals surface area contributed by atoms with E-state index in [1.54, 1.807) is 0 Å². The normalized spacial score (nSPS) is 19.4. The molecule has 19 heavy (non-hydrogen) atoms. The van der Waals surface area contributed by atoms with Crippen LogP contribution in [0.5, 0.6) is 0 Å². The molecule has 1 unspecified atom stereocenters. The monoisotopic (exact) mass is 264 g/mol. The zero-order valence-corrected chi connectivity index (χ0v) is 10.6. The molecule has 1 aliphatic heterocycles. The van der Waals surface area contributed by atoms with E-state index >= 15 is 0 Å². The van der Waals surface area contributed by atoms with Crippen LogP contribution in [0.2, 0.25) is 0 Å². The van der Waals surface area contributed by atoms with Crippen molar-refractivity contribution in [1.82, 2.24) is 10.2 Å². The van der Waals surface area contributed by atoms with Gasteiger partial charge < -0.3 is 10.2 Å². The van der Waals surface area contributed by atoms with Gasteiger partial charge >= 0.3 is 0 Å². The number of hydrogen-bond acceptors (Lipinski definition) is 2. The Bertz CT molecular complexity index is 450. The van der Waals surface area contributed by atoms with Gasteiger partial charge in [-0.15, -0.1) is 0 Å². The molecule has 0 aliphatic carbocycles. The van der Waals surface area contributed by atoms with E-state index in [1.807, 2.05) is 30.3 Å². The first-order valence-corrected chi connectivity index (χ1v) is 6.38. The van der Waals surface area contributed by atoms with Crippen LogP contribution in [0, 0.1) is 0 Å². The molecule has 0 spiro atoms. The number of carbonyl (C=O) groups excluding carboxylic acids is 2. The Morgan fingerprint density at radius 2 is 2.00 bits per heavy atom. The average Bonchev–Trinajstić information content (AvgIpc) is 2.42. The van der Waals surface area contributed by atoms with Gasteiger partial charge in [-0.25, -0.2) is 0 Å². The quantitative estimate of drug-likeness (QED) is 0.859. The molecule has 102 valence electrons. The molecule has 1 atom stereocenters. The van der Waals surface area contributed by atoms with Gasteiger partial charge in [0, 0.05) is 13.0 Å². The number of nitrogens with zero attached hydrogens (tertiary/aromatic N) is 1. The van der Waals surface area contributed by atoms with E-state index in [0.717, 1.165) is 5.56 Å². The summed E-state index contributed by atoms with van der Waals surface area (Å²) < 4.78 is 12.2. The maximum atomic E-state index is 12.2. The largest absolute Gasteiger partial charge is 0.342 e. The van der Waals surface area contributed by atoms with Crippen LogP contribution in [0.1, 0.15) is 12.0 Å². The van der Waals surface area contributed by atoms with E-state index in [2.05, 4.69) is 5.32 Å². The van der Waals surface area contributed by atoms with Crippen molar-refractivity contribution in [2.45, 2.75) is 18.9 Å². The number of benzene rings is 1. The molecule has 0 saturated carbocycles. The van der Waals surface area contributed by atoms with Crippen LogP contribution in [0.4, 0.5) is 4.39 Å². The third kappa shape index (κ3) is 3.53. The Morgan fingerprint density at radius 1 is 1.26 bits per heavy atom. The molecule has 2 rings (SSSR count). The highest BCUT2D eigenvalue weighted by atomic mass is 19.1. The van der Waals surface area contributed by atoms with E-state index in [4.69, 9.17) is 0 Å². The molecule has 1 saturated heterocycles. The molecule has 1 aliphatic rings. The summed E-state index contributed by atoms with van der Waals surface area (Å²) in [6.07, 6.45) is 0.745. The van der Waals surface area contributed by atoms with Crippen molar-refractivity contribution in [3.63, 3.8) is 0 Å². The van der Waals surface area contributed by atoms with Gasteiger partial charge in [0.05, 0.1) is 13.2 Å². The molecule has 0 radical (unpaired) electrons. The number of piperazine rings is 1. The second-order valence-electron chi connectivity index (χ2n) is 4.61. The third-order valence-electron chi connectivity index (χ3n) is 3.12. The summed E-state index contributed by atoms with van der Waals surface area (Å²) in [6.45, 7) is -0.146. The van der Waals surface area contributed by atoms with Crippen LogP contribution >= 0.6 is 0 Å². The molecular formula is C14H17FN2O2. The van der Waals surface area contributed by atoms with Crippen molar-refractivity contribution in [3.8, 4) is 0 Å². The lowest BCUT2D eigenvalue weighted by Gasteiger charge is -2.32. The number of nitrogens with one attached hydrogen (secondary N) is 1. The van der Waals surface area contributed by atoms with Crippen molar-refractivity contribution >= 4 is 11.8 Å². The molecule has 1 heterocycles. The highest BCUT2D eigenvalue weighted by Crippen LogP contribution is 2.10. The highest BCUT2D eigenvalue weighted by molar-refractivity contribution is 5.95. The van der Waals surface area contributed by atoms with Gasteiger partial charge in [0.25, 0.3) is 0 Å². The summed E-state index contributed by atoms with van der Waals surface area (Å²) in [7, 11) is 0. The number of carbonyl (C=O) groups is 2. The number of amides is 2. The summed E-state index contributed by atoms with van der Waals surface area (Å²) in [6, 6.07) is 8.98. The predicted octanol–water partition coefficient (Wildman–Crippen LogP) is 0.916. The van der Waals surface area contributed by atoms with Crippen LogP contribution in [-0.4, -0.2) is 42.5 Å². The van der Waals surface area contributed by atoms with Crippen LogP contribution in [0.3, 0.4) is 0 Å². The minimum Gasteiger partial charge on any atom is -0.342 e. The smallest absolute Gasteiger partial charge is 0.245 e. The molecule has 0 aromatic heterocycles. The molecule has 1 aromatic carbocycles. The number of rotatable bonds is 5. The number of halogens is 1. The van der Waals surface area contributed by atoms with Gasteiger partial charge in [0.1, 0.15) is 6.04 Å². The first kappa shape index (κ1) is 13.5. The van der Waals surface area contributed by atoms with Crippen molar-refractivity contribution in [2.24, 2.45) is 0 Å². The summed E-state index contributed by atoms with van der Waals surface area (Å²) in [4.78, 5) is 25.2. The standard InChI is InChI=1S/C14H17FN2O2/c15-7-4-8-17-10-13(18)16-12(14(17)19)9-11-5-2-1-3-6-11/h1-3,5-6,12H,4,7-10H2,(H,16,18). The van der Waals surface area contributed by atoms with Gasteiger partial charge in [-0.05, 0) is 12.0 Å². The molecular weight excluding hydrogens is 247 g/mol. The van der Waals surface area contributed by atoms with Crippen LogP contribution in [0.25, 0.3) is 0 Å². The topological polar surface area (TPSA) is 49.4 Å². The molecule has 0 bridgehead atoms. The van der Waals surface area contributed by atoms with E-state index in [1.165, 1.54) is 4.90 Å². The first-order valence-electron chi connectivity index (χ1n) is 6.38. The van der Waals surface area contributed by atoms with E-state index in [0.29, 0.717) is 13.0 Å². The Morgan fingerprint density at radius 3 is 2.68 bits per heavy atom. The molecule has 4 nitrogen and oxygen atoms in total. The molecule has 1 N–H and O–H groups in total. The minimum atomic E-state index is -0.539. The molecule has 2 amide bonds. The molecule has 1 aromatic rings. The zero-order valence-electron chi connectivity index (χ0n) is 10.6. The summed E-state index contributed by atoms with van der Waals surface area (Å²) in [5, 5.41) is 2.70. The first-order chi connectivity index (χ1) is 9.20. The highest BCUT2D eigenvalue weighted by Gasteiger charge is 2.32. The van der Waals surface area contributed by atoms with Crippen molar-refractivity contribution in [1.29, 1.82) is 0 Å². The summed E-state index contributed by atoms with van der Waals surface area (Å²) >= 11 is 0. The lowest BCUT2D eigenvalue weighted by molar-refractivity contribution is -0.144. The summed E-state index contributed by atoms with van der Waals surface area (Å²) in [5.41, 5.74) is 0.994. The predicted molar refractivity (Wildman–Crippen MR) is 69.2 cm³/mol. The van der Waals surface area contributed by atoms with E-state index < -0.39 is 12.7 Å². The zero-order chi connectivity index (χ0) is 13.7. The van der Waals surface area contributed by atoms with E-state index in [9.17, 15) is 14.0 Å². The Kier molecular flexibility index (Phi) is 4.49. The Balaban J connectivity index is 2.03. The fourth-order valence-corrected chi connectivity index (χ4v) is 2.20. The van der Waals surface area contributed by atoms with Crippen molar-refractivity contribution in [2.75, 3.05) is 19.8 Å². The van der Waals surface area contributed by atoms with Gasteiger partial charge in [0.15, 0.2) is 0 Å². The van der Waals surface area contributed by atoms with Crippen LogP contribution < -0.4 is 5.32 Å². The lowest BCUT2D eigenvalue weighted by atomic mass is 10.0. The third-order valence-corrected chi connectivity index (χ3v) is 3.12. The van der Waals surface area contributed by atoms with Crippen LogP contribution in [0.15, 0.2) is 30.3 Å². The fourth-order valence-electron chi connectivity index (χ4n) is 2.20. The number of alkyl halides is 1. The summed E-state index contributed by atoms with van der Waals surface area (Å²) in [5.74, 6) is -0.309. The Labute approximate surface area is 111 Å². The van der Waals surface area contributed by atoms with Gasteiger partial charge in [0.2, 0.25) is 11.8 Å². The van der Waals surface area contributed by atoms with Crippen LogP contribution in [-0.2, 0) is 16.0 Å². The molecule has 1 fully saturated rings. The van der Waals surface area contributed by atoms with Crippen molar-refractivity contribution in [3.05, 3.63) is 35.9 Å². The molecule has 5 heteroatoms. The van der Waals surface area contributed by atoms with E-state index in [-0.39, 0.29) is 24.8 Å². The SMILES string of the molecule is O=C1CN(CCCF)C(=O)C(Cc2ccccc2)N1. The maximum Gasteiger partial charge on any atom is 0.245 e. The second kappa shape index (κ2) is 6.31. The fraction of sp³-hybridized carbons (Fsp3) is 0.429. The number of hydrogen-bond donors (Lipinski definition) is 1.